The first-order valence-corrected chi connectivity index (χ1v) is 10.7. The molecule has 8 nitrogen and oxygen atoms in total. The fraction of sp³-hybridized carbons (Fsp3) is 0.500. The SMILES string of the molecule is CN/C(C)=C\C(=O)Cc1ccc(N(C)C(=O)CC(=O)N(C)CCOCCCC(C)=O)cc1. The van der Waals surface area contributed by atoms with Crippen molar-refractivity contribution in [3.05, 3.63) is 41.6 Å². The zero-order valence-corrected chi connectivity index (χ0v) is 19.8. The quantitative estimate of drug-likeness (QED) is 0.268. The number of hydrogen-bond acceptors (Lipinski definition) is 6. The molecular formula is C24H35N3O5. The van der Waals surface area contributed by atoms with E-state index in [9.17, 15) is 19.2 Å². The molecule has 1 rings (SSSR count). The highest BCUT2D eigenvalue weighted by Gasteiger charge is 2.18. The van der Waals surface area contributed by atoms with Crippen LogP contribution in [0.3, 0.4) is 0 Å². The highest BCUT2D eigenvalue weighted by atomic mass is 16.5. The normalized spacial score (nSPS) is 11.1. The number of rotatable bonds is 14. The Morgan fingerprint density at radius 3 is 2.25 bits per heavy atom. The zero-order valence-electron chi connectivity index (χ0n) is 19.8. The van der Waals surface area contributed by atoms with Crippen LogP contribution in [-0.4, -0.2) is 69.2 Å². The van der Waals surface area contributed by atoms with Gasteiger partial charge in [-0.25, -0.2) is 0 Å². The van der Waals surface area contributed by atoms with Crippen molar-refractivity contribution in [3.63, 3.8) is 0 Å². The third-order valence-corrected chi connectivity index (χ3v) is 4.96. The second-order valence-electron chi connectivity index (χ2n) is 7.75. The molecule has 0 atom stereocenters. The maximum atomic E-state index is 12.5. The van der Waals surface area contributed by atoms with Gasteiger partial charge in [0.15, 0.2) is 5.78 Å². The number of Topliss-reactive ketones (excluding diaryl/α,β-unsaturated/α-hetero) is 1. The Balaban J connectivity index is 2.47. The Hall–Kier alpha value is -3.00. The lowest BCUT2D eigenvalue weighted by Gasteiger charge is -2.21. The van der Waals surface area contributed by atoms with Gasteiger partial charge in [0, 0.05) is 64.6 Å². The van der Waals surface area contributed by atoms with Crippen molar-refractivity contribution in [2.75, 3.05) is 45.8 Å². The predicted octanol–water partition coefficient (Wildman–Crippen LogP) is 2.12. The number of benzene rings is 1. The van der Waals surface area contributed by atoms with Crippen molar-refractivity contribution in [2.45, 2.75) is 39.5 Å². The van der Waals surface area contributed by atoms with Gasteiger partial charge < -0.3 is 24.6 Å². The molecule has 0 aliphatic carbocycles. The lowest BCUT2D eigenvalue weighted by atomic mass is 10.1. The highest BCUT2D eigenvalue weighted by molar-refractivity contribution is 6.04. The molecule has 0 saturated carbocycles. The van der Waals surface area contributed by atoms with Crippen LogP contribution in [0.4, 0.5) is 5.69 Å². The first-order valence-electron chi connectivity index (χ1n) is 10.7. The molecule has 2 amide bonds. The molecule has 0 spiro atoms. The van der Waals surface area contributed by atoms with Crippen LogP contribution >= 0.6 is 0 Å². The van der Waals surface area contributed by atoms with E-state index >= 15 is 0 Å². The Bertz CT molecular complexity index is 817. The number of ketones is 2. The van der Waals surface area contributed by atoms with Gasteiger partial charge >= 0.3 is 0 Å². The van der Waals surface area contributed by atoms with Crippen LogP contribution in [0, 0.1) is 0 Å². The standard InChI is InChI=1S/C24H35N3O5/c1-18(25-3)15-22(29)16-20-8-10-21(11-9-20)27(5)24(31)17-23(30)26(4)12-14-32-13-6-7-19(2)28/h8-11,15,25H,6-7,12-14,16-17H2,1-5H3/b18-15-. The first kappa shape index (κ1) is 27.0. The van der Waals surface area contributed by atoms with Crippen LogP contribution in [0.1, 0.15) is 38.7 Å². The van der Waals surface area contributed by atoms with Gasteiger partial charge in [0.1, 0.15) is 12.2 Å². The maximum absolute atomic E-state index is 12.5. The number of nitrogens with zero attached hydrogens (tertiary/aromatic N) is 2. The summed E-state index contributed by atoms with van der Waals surface area (Å²) in [6.07, 6.45) is 2.74. The lowest BCUT2D eigenvalue weighted by molar-refractivity contribution is -0.134. The third-order valence-electron chi connectivity index (χ3n) is 4.96. The summed E-state index contributed by atoms with van der Waals surface area (Å²) in [5.41, 5.74) is 2.29. The molecule has 32 heavy (non-hydrogen) atoms. The summed E-state index contributed by atoms with van der Waals surface area (Å²) >= 11 is 0. The summed E-state index contributed by atoms with van der Waals surface area (Å²) < 4.78 is 5.42. The van der Waals surface area contributed by atoms with E-state index < -0.39 is 0 Å². The van der Waals surface area contributed by atoms with Crippen LogP contribution < -0.4 is 10.2 Å². The monoisotopic (exact) mass is 445 g/mol. The number of hydrogen-bond donors (Lipinski definition) is 1. The van der Waals surface area contributed by atoms with E-state index in [-0.39, 0.29) is 36.2 Å². The van der Waals surface area contributed by atoms with Crippen molar-refractivity contribution < 1.29 is 23.9 Å². The summed E-state index contributed by atoms with van der Waals surface area (Å²) in [7, 11) is 5.01. The molecule has 0 aromatic heterocycles. The molecule has 0 unspecified atom stereocenters. The number of allylic oxidation sites excluding steroid dienone is 2. The molecule has 1 N–H and O–H groups in total. The topological polar surface area (TPSA) is 96.0 Å². The van der Waals surface area contributed by atoms with Gasteiger partial charge in [0.05, 0.1) is 6.61 Å². The van der Waals surface area contributed by atoms with Crippen LogP contribution in [0.15, 0.2) is 36.0 Å². The Morgan fingerprint density at radius 1 is 1.00 bits per heavy atom. The first-order chi connectivity index (χ1) is 15.1. The smallest absolute Gasteiger partial charge is 0.236 e. The van der Waals surface area contributed by atoms with Crippen molar-refractivity contribution in [2.24, 2.45) is 0 Å². The molecule has 8 heteroatoms. The number of amides is 2. The molecule has 0 fully saturated rings. The van der Waals surface area contributed by atoms with Gasteiger partial charge in [-0.05, 0) is 38.0 Å². The van der Waals surface area contributed by atoms with E-state index in [2.05, 4.69) is 5.32 Å². The van der Waals surface area contributed by atoms with Crippen LogP contribution in [0.2, 0.25) is 0 Å². The van der Waals surface area contributed by atoms with E-state index in [1.807, 2.05) is 6.92 Å². The number of ether oxygens (including phenoxy) is 1. The van der Waals surface area contributed by atoms with Crippen molar-refractivity contribution in [1.82, 2.24) is 10.2 Å². The van der Waals surface area contributed by atoms with Crippen LogP contribution in [0.5, 0.6) is 0 Å². The van der Waals surface area contributed by atoms with Gasteiger partial charge in [-0.1, -0.05) is 12.1 Å². The minimum Gasteiger partial charge on any atom is -0.392 e. The molecular weight excluding hydrogens is 410 g/mol. The summed E-state index contributed by atoms with van der Waals surface area (Å²) in [4.78, 5) is 50.6. The fourth-order valence-electron chi connectivity index (χ4n) is 2.78. The Labute approximate surface area is 190 Å². The zero-order chi connectivity index (χ0) is 24.1. The number of nitrogens with one attached hydrogen (secondary N) is 1. The van der Waals surface area contributed by atoms with E-state index in [0.29, 0.717) is 38.3 Å². The van der Waals surface area contributed by atoms with E-state index in [0.717, 1.165) is 11.3 Å². The average molecular weight is 446 g/mol. The number of anilines is 1. The van der Waals surface area contributed by atoms with Gasteiger partial charge in [-0.2, -0.15) is 0 Å². The second-order valence-corrected chi connectivity index (χ2v) is 7.75. The molecule has 0 bridgehead atoms. The summed E-state index contributed by atoms with van der Waals surface area (Å²) in [6.45, 7) is 4.56. The van der Waals surface area contributed by atoms with Crippen molar-refractivity contribution >= 4 is 29.1 Å². The van der Waals surface area contributed by atoms with E-state index in [4.69, 9.17) is 4.74 Å². The van der Waals surface area contributed by atoms with Crippen molar-refractivity contribution in [1.29, 1.82) is 0 Å². The number of carbonyl (C=O) groups is 4. The third kappa shape index (κ3) is 10.3. The average Bonchev–Trinajstić information content (AvgIpc) is 2.75. The van der Waals surface area contributed by atoms with Crippen LogP contribution in [0.25, 0.3) is 0 Å². The molecule has 0 radical (unpaired) electrons. The summed E-state index contributed by atoms with van der Waals surface area (Å²) in [5.74, 6) is -0.488. The summed E-state index contributed by atoms with van der Waals surface area (Å²) in [6, 6.07) is 7.13. The minimum absolute atomic E-state index is 0.00880. The molecule has 1 aromatic rings. The Kier molecular flexibility index (Phi) is 11.9. The molecule has 0 aliphatic heterocycles. The Morgan fingerprint density at radius 2 is 1.66 bits per heavy atom. The van der Waals surface area contributed by atoms with Crippen LogP contribution in [-0.2, 0) is 30.3 Å². The lowest BCUT2D eigenvalue weighted by Crippen LogP contribution is -2.36. The van der Waals surface area contributed by atoms with E-state index in [1.54, 1.807) is 58.4 Å². The molecule has 0 saturated heterocycles. The molecule has 176 valence electrons. The molecule has 0 aliphatic rings. The predicted molar refractivity (Wildman–Crippen MR) is 124 cm³/mol. The van der Waals surface area contributed by atoms with Gasteiger partial charge in [-0.15, -0.1) is 0 Å². The summed E-state index contributed by atoms with van der Waals surface area (Å²) in [5, 5.41) is 2.91. The van der Waals surface area contributed by atoms with Crippen molar-refractivity contribution in [3.8, 4) is 0 Å². The second kappa shape index (κ2) is 14.1. The van der Waals surface area contributed by atoms with Gasteiger partial charge in [-0.3, -0.25) is 14.4 Å². The minimum atomic E-state index is -0.319. The van der Waals surface area contributed by atoms with Gasteiger partial charge in [0.25, 0.3) is 0 Å². The van der Waals surface area contributed by atoms with Gasteiger partial charge in [0.2, 0.25) is 11.8 Å². The molecule has 0 heterocycles. The largest absolute Gasteiger partial charge is 0.392 e. The number of likely N-dealkylation sites (N-methyl/N-ethyl adjacent to an activating group) is 1. The number of carbonyl (C=O) groups excluding carboxylic acids is 4. The molecule has 1 aromatic carbocycles. The maximum Gasteiger partial charge on any atom is 0.236 e. The fourth-order valence-corrected chi connectivity index (χ4v) is 2.78. The highest BCUT2D eigenvalue weighted by Crippen LogP contribution is 2.16. The van der Waals surface area contributed by atoms with E-state index in [1.165, 1.54) is 9.80 Å².